The SMILES string of the molecule is Cc1cc(CC=C=O)c(CC(C)C)c(Br)c1F. The molecule has 0 N–H and O–H groups in total. The van der Waals surface area contributed by atoms with Crippen LogP contribution in [0.15, 0.2) is 16.6 Å². The van der Waals surface area contributed by atoms with E-state index in [9.17, 15) is 9.18 Å². The molecule has 1 nitrogen and oxygen atoms in total. The van der Waals surface area contributed by atoms with Crippen LogP contribution >= 0.6 is 15.9 Å². The molecule has 0 spiro atoms. The summed E-state index contributed by atoms with van der Waals surface area (Å²) in [5.74, 6) is 1.99. The molecule has 0 aromatic heterocycles. The van der Waals surface area contributed by atoms with Crippen LogP contribution in [-0.2, 0) is 17.6 Å². The molecule has 0 amide bonds. The zero-order valence-corrected chi connectivity index (χ0v) is 11.9. The summed E-state index contributed by atoms with van der Waals surface area (Å²) in [6.45, 7) is 5.90. The van der Waals surface area contributed by atoms with Crippen molar-refractivity contribution in [3.05, 3.63) is 39.1 Å². The number of hydrogen-bond donors (Lipinski definition) is 0. The van der Waals surface area contributed by atoms with Crippen LogP contribution < -0.4 is 0 Å². The van der Waals surface area contributed by atoms with Crippen LogP contribution in [-0.4, -0.2) is 5.94 Å². The number of carbonyl (C=O) groups excluding carboxylic acids is 1. The quantitative estimate of drug-likeness (QED) is 0.767. The maximum atomic E-state index is 13.8. The van der Waals surface area contributed by atoms with Gasteiger partial charge in [-0.2, -0.15) is 0 Å². The van der Waals surface area contributed by atoms with Gasteiger partial charge in [0.25, 0.3) is 0 Å². The third-order valence-electron chi connectivity index (χ3n) is 2.60. The molecular weight excluding hydrogens is 283 g/mol. The van der Waals surface area contributed by atoms with Crippen LogP contribution in [0.3, 0.4) is 0 Å². The predicted molar refractivity (Wildman–Crippen MR) is 71.3 cm³/mol. The summed E-state index contributed by atoms with van der Waals surface area (Å²) in [6, 6.07) is 1.81. The van der Waals surface area contributed by atoms with Gasteiger partial charge in [0.05, 0.1) is 4.47 Å². The standard InChI is InChI=1S/C14H16BrFO/c1-9(2)7-12-11(5-4-6-17)8-10(3)14(16)13(12)15/h4,8-9H,5,7H2,1-3H3. The summed E-state index contributed by atoms with van der Waals surface area (Å²) in [4.78, 5) is 10.3. The Morgan fingerprint density at radius 2 is 2.18 bits per heavy atom. The first kappa shape index (κ1) is 14.1. The lowest BCUT2D eigenvalue weighted by Gasteiger charge is -2.15. The highest BCUT2D eigenvalue weighted by molar-refractivity contribution is 9.10. The van der Waals surface area contributed by atoms with Crippen molar-refractivity contribution in [1.82, 2.24) is 0 Å². The zero-order valence-electron chi connectivity index (χ0n) is 10.3. The van der Waals surface area contributed by atoms with E-state index >= 15 is 0 Å². The van der Waals surface area contributed by atoms with Gasteiger partial charge in [-0.1, -0.05) is 19.9 Å². The van der Waals surface area contributed by atoms with Gasteiger partial charge in [0.1, 0.15) is 11.8 Å². The second-order valence-electron chi connectivity index (χ2n) is 4.58. The van der Waals surface area contributed by atoms with Crippen molar-refractivity contribution in [3.63, 3.8) is 0 Å². The number of hydrogen-bond acceptors (Lipinski definition) is 1. The second kappa shape index (κ2) is 6.13. The van der Waals surface area contributed by atoms with Crippen LogP contribution in [0, 0.1) is 18.7 Å². The third kappa shape index (κ3) is 3.52. The average molecular weight is 299 g/mol. The summed E-state index contributed by atoms with van der Waals surface area (Å²) in [7, 11) is 0. The van der Waals surface area contributed by atoms with Crippen molar-refractivity contribution in [3.8, 4) is 0 Å². The highest BCUT2D eigenvalue weighted by Crippen LogP contribution is 2.29. The lowest BCUT2D eigenvalue weighted by Crippen LogP contribution is -2.04. The molecule has 0 saturated carbocycles. The Kier molecular flexibility index (Phi) is 5.10. The Labute approximate surface area is 110 Å². The molecule has 1 aromatic rings. The minimum Gasteiger partial charge on any atom is -0.234 e. The minimum atomic E-state index is -0.209. The molecule has 0 aliphatic rings. The maximum absolute atomic E-state index is 13.8. The molecule has 0 unspecified atom stereocenters. The van der Waals surface area contributed by atoms with Crippen LogP contribution in [0.5, 0.6) is 0 Å². The van der Waals surface area contributed by atoms with Crippen molar-refractivity contribution in [2.75, 3.05) is 0 Å². The Balaban J connectivity index is 3.29. The molecule has 0 heterocycles. The van der Waals surface area contributed by atoms with Crippen molar-refractivity contribution >= 4 is 21.9 Å². The fraction of sp³-hybridized carbons (Fsp3) is 0.429. The highest BCUT2D eigenvalue weighted by Gasteiger charge is 2.14. The van der Waals surface area contributed by atoms with Crippen molar-refractivity contribution in [2.24, 2.45) is 5.92 Å². The minimum absolute atomic E-state index is 0.209. The molecule has 0 atom stereocenters. The predicted octanol–water partition coefficient (Wildman–Crippen LogP) is 4.03. The molecule has 1 rings (SSSR count). The van der Waals surface area contributed by atoms with Gasteiger partial charge in [-0.15, -0.1) is 0 Å². The second-order valence-corrected chi connectivity index (χ2v) is 5.38. The van der Waals surface area contributed by atoms with Gasteiger partial charge in [0.15, 0.2) is 0 Å². The molecule has 0 fully saturated rings. The van der Waals surface area contributed by atoms with E-state index in [0.29, 0.717) is 22.4 Å². The lowest BCUT2D eigenvalue weighted by atomic mass is 9.94. The molecule has 1 aromatic carbocycles. The van der Waals surface area contributed by atoms with Gasteiger partial charge in [0, 0.05) is 12.5 Å². The summed E-state index contributed by atoms with van der Waals surface area (Å²) in [6.07, 6.45) is 2.73. The van der Waals surface area contributed by atoms with Crippen molar-refractivity contribution < 1.29 is 9.18 Å². The van der Waals surface area contributed by atoms with E-state index in [0.717, 1.165) is 17.5 Å². The topological polar surface area (TPSA) is 17.1 Å². The average Bonchev–Trinajstić information content (AvgIpc) is 2.27. The van der Waals surface area contributed by atoms with Crippen LogP contribution in [0.1, 0.15) is 30.5 Å². The first-order chi connectivity index (χ1) is 7.97. The van der Waals surface area contributed by atoms with Gasteiger partial charge in [-0.3, -0.25) is 0 Å². The van der Waals surface area contributed by atoms with E-state index in [2.05, 4.69) is 29.8 Å². The fourth-order valence-corrected chi connectivity index (χ4v) is 2.55. The first-order valence-corrected chi connectivity index (χ1v) is 6.42. The van der Waals surface area contributed by atoms with Crippen LogP contribution in [0.25, 0.3) is 0 Å². The molecule has 0 saturated heterocycles. The van der Waals surface area contributed by atoms with E-state index in [1.54, 1.807) is 12.9 Å². The van der Waals surface area contributed by atoms with Gasteiger partial charge in [-0.05, 0) is 51.9 Å². The number of halogens is 2. The van der Waals surface area contributed by atoms with Gasteiger partial charge < -0.3 is 0 Å². The maximum Gasteiger partial charge on any atom is 0.140 e. The molecule has 92 valence electrons. The molecular formula is C14H16BrFO. The summed E-state index contributed by atoms with van der Waals surface area (Å²) in [5, 5.41) is 0. The Bertz CT molecular complexity index is 460. The Hall–Kier alpha value is -0.920. The van der Waals surface area contributed by atoms with Crippen LogP contribution in [0.2, 0.25) is 0 Å². The monoisotopic (exact) mass is 298 g/mol. The van der Waals surface area contributed by atoms with Gasteiger partial charge in [0.2, 0.25) is 0 Å². The van der Waals surface area contributed by atoms with Gasteiger partial charge in [-0.25, -0.2) is 9.18 Å². The fourth-order valence-electron chi connectivity index (χ4n) is 1.82. The molecule has 0 aliphatic carbocycles. The molecule has 0 bridgehead atoms. The Morgan fingerprint density at radius 1 is 1.53 bits per heavy atom. The summed E-state index contributed by atoms with van der Waals surface area (Å²) < 4.78 is 14.3. The number of rotatable bonds is 4. The smallest absolute Gasteiger partial charge is 0.140 e. The molecule has 0 radical (unpaired) electrons. The summed E-state index contributed by atoms with van der Waals surface area (Å²) >= 11 is 3.31. The first-order valence-electron chi connectivity index (χ1n) is 5.63. The third-order valence-corrected chi connectivity index (χ3v) is 3.43. The largest absolute Gasteiger partial charge is 0.234 e. The number of aryl methyl sites for hydroxylation is 1. The van der Waals surface area contributed by atoms with E-state index in [4.69, 9.17) is 0 Å². The molecule has 3 heteroatoms. The van der Waals surface area contributed by atoms with E-state index in [1.165, 1.54) is 6.08 Å². The highest BCUT2D eigenvalue weighted by atomic mass is 79.9. The van der Waals surface area contributed by atoms with Crippen molar-refractivity contribution in [2.45, 2.75) is 33.6 Å². The molecule has 17 heavy (non-hydrogen) atoms. The van der Waals surface area contributed by atoms with Crippen LogP contribution in [0.4, 0.5) is 4.39 Å². The van der Waals surface area contributed by atoms with E-state index < -0.39 is 0 Å². The lowest BCUT2D eigenvalue weighted by molar-refractivity contribution is 0.568. The zero-order chi connectivity index (χ0) is 13.0. The summed E-state index contributed by atoms with van der Waals surface area (Å²) in [5.41, 5.74) is 2.54. The molecule has 0 aliphatic heterocycles. The normalized spacial score (nSPS) is 10.5. The Morgan fingerprint density at radius 3 is 2.71 bits per heavy atom. The van der Waals surface area contributed by atoms with E-state index in [1.807, 2.05) is 6.07 Å². The number of allylic oxidation sites excluding steroid dienone is 1. The number of benzene rings is 1. The van der Waals surface area contributed by atoms with E-state index in [-0.39, 0.29) is 5.82 Å². The van der Waals surface area contributed by atoms with Gasteiger partial charge >= 0.3 is 0 Å². The van der Waals surface area contributed by atoms with Crippen molar-refractivity contribution in [1.29, 1.82) is 0 Å².